The van der Waals surface area contributed by atoms with E-state index in [0.29, 0.717) is 42.7 Å². The van der Waals surface area contributed by atoms with Gasteiger partial charge in [-0.25, -0.2) is 9.37 Å². The second-order valence-electron chi connectivity index (χ2n) is 14.4. The minimum atomic E-state index is -0.533. The number of anilines is 3. The number of ether oxygens (including phenoxy) is 2. The molecule has 0 atom stereocenters. The van der Waals surface area contributed by atoms with Crippen molar-refractivity contribution in [1.82, 2.24) is 29.6 Å². The zero-order chi connectivity index (χ0) is 39.1. The summed E-state index contributed by atoms with van der Waals surface area (Å²) in [4.78, 5) is 44.8. The van der Waals surface area contributed by atoms with Crippen LogP contribution >= 0.6 is 11.6 Å². The third-order valence-electron chi connectivity index (χ3n) is 10.1. The van der Waals surface area contributed by atoms with Crippen LogP contribution in [0.3, 0.4) is 0 Å². The minimum absolute atomic E-state index is 0.0407. The molecule has 2 fully saturated rings. The first kappa shape index (κ1) is 39.9. The lowest BCUT2D eigenvalue weighted by molar-refractivity contribution is 0.0595. The quantitative estimate of drug-likeness (QED) is 0.140. The van der Waals surface area contributed by atoms with E-state index < -0.39 is 11.7 Å². The summed E-state index contributed by atoms with van der Waals surface area (Å²) in [6.45, 7) is 16.4. The van der Waals surface area contributed by atoms with E-state index in [0.717, 1.165) is 63.4 Å². The van der Waals surface area contributed by atoms with Gasteiger partial charge in [0.05, 0.1) is 11.6 Å². The minimum Gasteiger partial charge on any atom is -0.490 e. The van der Waals surface area contributed by atoms with Crippen molar-refractivity contribution in [2.24, 2.45) is 0 Å². The molecule has 0 unspecified atom stereocenters. The van der Waals surface area contributed by atoms with Crippen LogP contribution in [0.2, 0.25) is 5.02 Å². The lowest BCUT2D eigenvalue weighted by atomic mass is 10.1. The van der Waals surface area contributed by atoms with Gasteiger partial charge in [-0.2, -0.15) is 4.98 Å². The highest BCUT2D eigenvalue weighted by Gasteiger charge is 2.25. The molecule has 0 spiro atoms. The number of nitrogens with one attached hydrogen (secondary N) is 2. The normalized spacial score (nSPS) is 15.6. The number of rotatable bonds is 13. The number of aromatic nitrogens is 2. The summed E-state index contributed by atoms with van der Waals surface area (Å²) in [7, 11) is 2.12. The van der Waals surface area contributed by atoms with Crippen LogP contribution in [0.1, 0.15) is 52.1 Å². The summed E-state index contributed by atoms with van der Waals surface area (Å²) in [5, 5.41) is 6.13. The van der Waals surface area contributed by atoms with E-state index in [-0.39, 0.29) is 39.8 Å². The first-order valence-electron chi connectivity index (χ1n) is 18.8. The maximum absolute atomic E-state index is 15.1. The van der Waals surface area contributed by atoms with Crippen molar-refractivity contribution in [2.75, 3.05) is 83.2 Å². The fourth-order valence-electron chi connectivity index (χ4n) is 6.66. The Balaban J connectivity index is 1.17. The number of halogens is 2. The Hall–Kier alpha value is -4.82. The lowest BCUT2D eigenvalue weighted by Gasteiger charge is -2.37. The number of likely N-dealkylation sites (N-methyl/N-ethyl adjacent to an activating group) is 1. The maximum Gasteiger partial charge on any atom is 0.262 e. The average molecular weight is 773 g/mol. The van der Waals surface area contributed by atoms with Crippen LogP contribution in [0.25, 0.3) is 0 Å². The highest BCUT2D eigenvalue weighted by molar-refractivity contribution is 6.32. The third-order valence-corrected chi connectivity index (χ3v) is 10.4. The monoisotopic (exact) mass is 772 g/mol. The molecule has 14 heteroatoms. The predicted molar refractivity (Wildman–Crippen MR) is 214 cm³/mol. The van der Waals surface area contributed by atoms with E-state index in [9.17, 15) is 9.59 Å². The number of piperazine rings is 2. The van der Waals surface area contributed by atoms with E-state index >= 15 is 4.39 Å². The van der Waals surface area contributed by atoms with Gasteiger partial charge >= 0.3 is 0 Å². The smallest absolute Gasteiger partial charge is 0.262 e. The molecule has 2 N–H and O–H groups in total. The molecule has 3 aromatic carbocycles. The van der Waals surface area contributed by atoms with Crippen molar-refractivity contribution in [1.29, 1.82) is 0 Å². The van der Waals surface area contributed by atoms with Crippen LogP contribution in [0.5, 0.6) is 17.4 Å². The number of nitrogens with zero attached hydrogens (tertiary/aromatic N) is 6. The molecule has 1 aromatic heterocycles. The number of benzene rings is 3. The van der Waals surface area contributed by atoms with Crippen molar-refractivity contribution in [3.05, 3.63) is 93.9 Å². The summed E-state index contributed by atoms with van der Waals surface area (Å²) in [6.07, 6.45) is 2.13. The maximum atomic E-state index is 15.1. The van der Waals surface area contributed by atoms with Crippen LogP contribution in [0.15, 0.2) is 60.8 Å². The SMILES string of the molecule is Cc1cccc(C)c1NC(=O)c1cnc(Nc2ccc(OCCCN3CCN(C)CC3)c(F)c2)nc1Oc1ccc(C(=O)N2CCN(C(C)C)CC2)cc1Cl. The standard InChI is InChI=1S/C41H50ClFN8O4/c1-27(2)50-19-21-51(22-20-50)40(53)30-10-12-35(33(42)24-30)55-39-32(38(52)46-37-28(3)8-6-9-29(37)4)26-44-41(47-39)45-31-11-13-36(34(43)25-31)54-23-7-14-49-17-15-48(5)16-18-49/h6,8-13,24-27H,7,14-23H2,1-5H3,(H,46,52)(H,44,45,47). The number of carbonyl (C=O) groups excluding carboxylic acids is 2. The first-order chi connectivity index (χ1) is 26.4. The number of aryl methyl sites for hydroxylation is 2. The Morgan fingerprint density at radius 1 is 0.927 bits per heavy atom. The molecule has 2 aliphatic heterocycles. The first-order valence-corrected chi connectivity index (χ1v) is 19.2. The molecule has 0 radical (unpaired) electrons. The zero-order valence-corrected chi connectivity index (χ0v) is 33.0. The summed E-state index contributed by atoms with van der Waals surface area (Å²) in [6, 6.07) is 15.5. The van der Waals surface area contributed by atoms with E-state index in [1.54, 1.807) is 30.3 Å². The highest BCUT2D eigenvalue weighted by Crippen LogP contribution is 2.33. The van der Waals surface area contributed by atoms with E-state index in [2.05, 4.69) is 56.2 Å². The van der Waals surface area contributed by atoms with Crippen LogP contribution < -0.4 is 20.1 Å². The number of hydrogen-bond acceptors (Lipinski definition) is 10. The fraction of sp³-hybridized carbons (Fsp3) is 0.415. The van der Waals surface area contributed by atoms with Crippen LogP contribution in [0.4, 0.5) is 21.7 Å². The Labute approximate surface area is 327 Å². The number of carbonyl (C=O) groups is 2. The molecule has 0 saturated carbocycles. The second-order valence-corrected chi connectivity index (χ2v) is 14.8. The van der Waals surface area contributed by atoms with Gasteiger partial charge in [0.2, 0.25) is 11.8 Å². The number of para-hydroxylation sites is 1. The van der Waals surface area contributed by atoms with Gasteiger partial charge in [0.1, 0.15) is 11.3 Å². The molecule has 55 heavy (non-hydrogen) atoms. The molecular formula is C41H50ClFN8O4. The highest BCUT2D eigenvalue weighted by atomic mass is 35.5. The van der Waals surface area contributed by atoms with Gasteiger partial charge in [-0.3, -0.25) is 14.5 Å². The Morgan fingerprint density at radius 2 is 1.64 bits per heavy atom. The molecule has 12 nitrogen and oxygen atoms in total. The topological polar surface area (TPSA) is 115 Å². The fourth-order valence-corrected chi connectivity index (χ4v) is 6.88. The number of hydrogen-bond donors (Lipinski definition) is 2. The zero-order valence-electron chi connectivity index (χ0n) is 32.2. The van der Waals surface area contributed by atoms with E-state index in [1.807, 2.05) is 36.9 Å². The third kappa shape index (κ3) is 10.3. The van der Waals surface area contributed by atoms with Gasteiger partial charge in [0.15, 0.2) is 11.6 Å². The Morgan fingerprint density at radius 3 is 2.31 bits per heavy atom. The second kappa shape index (κ2) is 18.2. The molecule has 3 heterocycles. The van der Waals surface area contributed by atoms with Gasteiger partial charge in [-0.05, 0) is 82.6 Å². The molecule has 2 aliphatic rings. The summed E-state index contributed by atoms with van der Waals surface area (Å²) < 4.78 is 27.1. The van der Waals surface area contributed by atoms with Crippen LogP contribution in [0, 0.1) is 19.7 Å². The molecule has 2 amide bonds. The summed E-state index contributed by atoms with van der Waals surface area (Å²) in [5.74, 6) is -0.837. The van der Waals surface area contributed by atoms with E-state index in [1.165, 1.54) is 12.3 Å². The average Bonchev–Trinajstić information content (AvgIpc) is 3.17. The van der Waals surface area contributed by atoms with Gasteiger partial charge in [-0.15, -0.1) is 0 Å². The van der Waals surface area contributed by atoms with Crippen LogP contribution in [-0.4, -0.2) is 120 Å². The predicted octanol–water partition coefficient (Wildman–Crippen LogP) is 6.86. The molecule has 6 rings (SSSR count). The lowest BCUT2D eigenvalue weighted by Crippen LogP contribution is -2.50. The summed E-state index contributed by atoms with van der Waals surface area (Å²) in [5.41, 5.74) is 3.27. The Bertz CT molecular complexity index is 1960. The van der Waals surface area contributed by atoms with E-state index in [4.69, 9.17) is 21.1 Å². The van der Waals surface area contributed by atoms with Crippen molar-refractivity contribution < 1.29 is 23.5 Å². The Kier molecular flexibility index (Phi) is 13.2. The van der Waals surface area contributed by atoms with Gasteiger partial charge in [-0.1, -0.05) is 29.8 Å². The van der Waals surface area contributed by atoms with Gasteiger partial charge in [0.25, 0.3) is 11.8 Å². The molecule has 2 saturated heterocycles. The van der Waals surface area contributed by atoms with Crippen molar-refractivity contribution >= 4 is 40.7 Å². The number of amides is 2. The van der Waals surface area contributed by atoms with Crippen LogP contribution in [-0.2, 0) is 0 Å². The molecule has 292 valence electrons. The van der Waals surface area contributed by atoms with Gasteiger partial charge < -0.3 is 34.8 Å². The molecule has 0 bridgehead atoms. The summed E-state index contributed by atoms with van der Waals surface area (Å²) >= 11 is 6.70. The molecular weight excluding hydrogens is 723 g/mol. The van der Waals surface area contributed by atoms with Crippen molar-refractivity contribution in [3.8, 4) is 17.4 Å². The van der Waals surface area contributed by atoms with Crippen molar-refractivity contribution in [2.45, 2.75) is 40.2 Å². The largest absolute Gasteiger partial charge is 0.490 e. The molecule has 0 aliphatic carbocycles. The van der Waals surface area contributed by atoms with Gasteiger partial charge in [0, 0.05) is 94.1 Å². The molecule has 4 aromatic rings. The van der Waals surface area contributed by atoms with Crippen molar-refractivity contribution in [3.63, 3.8) is 0 Å².